The van der Waals surface area contributed by atoms with Crippen molar-refractivity contribution in [2.24, 2.45) is 0 Å². The van der Waals surface area contributed by atoms with Crippen LogP contribution in [0.2, 0.25) is 0 Å². The molecule has 0 bridgehead atoms. The standard InChI is InChI=1S/C13H15N3O3S3/c1-22(18,19)16-5-2-3-10-11(16)15-13(21-10)12(17)14-7-9-4-6-20-8-9/h4,6,8H,2-3,5,7H2,1H3,(H,14,17). The number of nitrogens with zero attached hydrogens (tertiary/aromatic N) is 2. The van der Waals surface area contributed by atoms with Crippen molar-refractivity contribution in [2.45, 2.75) is 19.4 Å². The molecule has 0 unspecified atom stereocenters. The Kier molecular flexibility index (Phi) is 4.20. The summed E-state index contributed by atoms with van der Waals surface area (Å²) < 4.78 is 24.9. The van der Waals surface area contributed by atoms with Crippen molar-refractivity contribution < 1.29 is 13.2 Å². The van der Waals surface area contributed by atoms with Crippen LogP contribution in [0.15, 0.2) is 16.8 Å². The Hall–Kier alpha value is -1.45. The summed E-state index contributed by atoms with van der Waals surface area (Å²) in [6, 6.07) is 1.95. The molecule has 1 aliphatic heterocycles. The summed E-state index contributed by atoms with van der Waals surface area (Å²) in [4.78, 5) is 17.3. The lowest BCUT2D eigenvalue weighted by Gasteiger charge is -2.24. The van der Waals surface area contributed by atoms with Gasteiger partial charge in [0.2, 0.25) is 10.0 Å². The number of carbonyl (C=O) groups is 1. The molecule has 0 saturated heterocycles. The molecule has 3 heterocycles. The van der Waals surface area contributed by atoms with E-state index in [-0.39, 0.29) is 5.91 Å². The van der Waals surface area contributed by atoms with Crippen LogP contribution in [0.1, 0.15) is 26.7 Å². The van der Waals surface area contributed by atoms with Crippen LogP contribution in [-0.4, -0.2) is 32.1 Å². The highest BCUT2D eigenvalue weighted by Gasteiger charge is 2.29. The predicted molar refractivity (Wildman–Crippen MR) is 88.1 cm³/mol. The minimum Gasteiger partial charge on any atom is -0.346 e. The van der Waals surface area contributed by atoms with Crippen molar-refractivity contribution in [3.63, 3.8) is 0 Å². The summed E-state index contributed by atoms with van der Waals surface area (Å²) in [5, 5.41) is 7.05. The first-order valence-electron chi connectivity index (χ1n) is 6.72. The molecule has 0 aliphatic carbocycles. The molecule has 0 spiro atoms. The van der Waals surface area contributed by atoms with Gasteiger partial charge in [-0.3, -0.25) is 9.10 Å². The molecule has 0 atom stereocenters. The molecule has 0 fully saturated rings. The van der Waals surface area contributed by atoms with E-state index in [0.29, 0.717) is 23.9 Å². The molecule has 2 aromatic rings. The maximum Gasteiger partial charge on any atom is 0.280 e. The van der Waals surface area contributed by atoms with E-state index in [4.69, 9.17) is 0 Å². The van der Waals surface area contributed by atoms with E-state index in [1.807, 2.05) is 16.8 Å². The molecule has 6 nitrogen and oxygen atoms in total. The second kappa shape index (κ2) is 5.98. The average Bonchev–Trinajstić information content (AvgIpc) is 3.12. The van der Waals surface area contributed by atoms with Crippen molar-refractivity contribution in [2.75, 3.05) is 17.1 Å². The second-order valence-corrected chi connectivity index (χ2v) is 8.79. The van der Waals surface area contributed by atoms with Crippen LogP contribution < -0.4 is 9.62 Å². The SMILES string of the molecule is CS(=O)(=O)N1CCCc2sc(C(=O)NCc3ccsc3)nc21. The summed E-state index contributed by atoms with van der Waals surface area (Å²) in [7, 11) is -3.35. The monoisotopic (exact) mass is 357 g/mol. The normalized spacial score (nSPS) is 14.7. The number of carbonyl (C=O) groups excluding carboxylic acids is 1. The minimum absolute atomic E-state index is 0.265. The third kappa shape index (κ3) is 3.16. The zero-order valence-electron chi connectivity index (χ0n) is 11.9. The van der Waals surface area contributed by atoms with Gasteiger partial charge in [0.1, 0.15) is 0 Å². The van der Waals surface area contributed by atoms with Crippen molar-refractivity contribution in [3.8, 4) is 0 Å². The first-order valence-corrected chi connectivity index (χ1v) is 10.3. The van der Waals surface area contributed by atoms with Crippen LogP contribution in [0.4, 0.5) is 5.82 Å². The molecule has 2 aromatic heterocycles. The van der Waals surface area contributed by atoms with Crippen LogP contribution in [-0.2, 0) is 23.0 Å². The third-order valence-electron chi connectivity index (χ3n) is 3.31. The number of anilines is 1. The zero-order valence-corrected chi connectivity index (χ0v) is 14.4. The fourth-order valence-corrected chi connectivity index (χ4v) is 4.94. The van der Waals surface area contributed by atoms with Gasteiger partial charge in [0.15, 0.2) is 10.8 Å². The maximum atomic E-state index is 12.2. The first-order chi connectivity index (χ1) is 10.4. The highest BCUT2D eigenvalue weighted by atomic mass is 32.2. The quantitative estimate of drug-likeness (QED) is 0.906. The number of aromatic nitrogens is 1. The Morgan fingerprint density at radius 1 is 1.50 bits per heavy atom. The number of thiophene rings is 1. The molecular formula is C13H15N3O3S3. The Morgan fingerprint density at radius 2 is 2.32 bits per heavy atom. The predicted octanol–water partition coefficient (Wildman–Crippen LogP) is 1.85. The van der Waals surface area contributed by atoms with E-state index in [9.17, 15) is 13.2 Å². The number of rotatable bonds is 4. The van der Waals surface area contributed by atoms with Gasteiger partial charge in [0.05, 0.1) is 11.1 Å². The third-order valence-corrected chi connectivity index (χ3v) is 6.30. The van der Waals surface area contributed by atoms with E-state index >= 15 is 0 Å². The number of amides is 1. The van der Waals surface area contributed by atoms with Gasteiger partial charge in [-0.15, -0.1) is 11.3 Å². The Morgan fingerprint density at radius 3 is 3.00 bits per heavy atom. The van der Waals surface area contributed by atoms with E-state index in [1.54, 1.807) is 11.3 Å². The number of fused-ring (bicyclic) bond motifs is 1. The van der Waals surface area contributed by atoms with Crippen molar-refractivity contribution in [1.82, 2.24) is 10.3 Å². The van der Waals surface area contributed by atoms with Crippen LogP contribution in [0.5, 0.6) is 0 Å². The van der Waals surface area contributed by atoms with Gasteiger partial charge in [-0.05, 0) is 35.2 Å². The fraction of sp³-hybridized carbons (Fsp3) is 0.385. The van der Waals surface area contributed by atoms with Crippen molar-refractivity contribution in [1.29, 1.82) is 0 Å². The summed E-state index contributed by atoms with van der Waals surface area (Å²) in [6.07, 6.45) is 2.67. The highest BCUT2D eigenvalue weighted by molar-refractivity contribution is 7.92. The van der Waals surface area contributed by atoms with Crippen LogP contribution in [0.3, 0.4) is 0 Å². The minimum atomic E-state index is -3.35. The van der Waals surface area contributed by atoms with Crippen molar-refractivity contribution >= 4 is 44.4 Å². The van der Waals surface area contributed by atoms with Gasteiger partial charge in [-0.2, -0.15) is 11.3 Å². The molecule has 22 heavy (non-hydrogen) atoms. The summed E-state index contributed by atoms with van der Waals surface area (Å²) >= 11 is 2.85. The van der Waals surface area contributed by atoms with E-state index < -0.39 is 10.0 Å². The first kappa shape index (κ1) is 15.4. The highest BCUT2D eigenvalue weighted by Crippen LogP contribution is 2.33. The number of nitrogens with one attached hydrogen (secondary N) is 1. The zero-order chi connectivity index (χ0) is 15.7. The summed E-state index contributed by atoms with van der Waals surface area (Å²) in [5.74, 6) is 0.151. The second-order valence-electron chi connectivity index (χ2n) is 5.02. The number of thiazole rings is 1. The fourth-order valence-electron chi connectivity index (χ4n) is 2.26. The number of sulfonamides is 1. The smallest absolute Gasteiger partial charge is 0.280 e. The summed E-state index contributed by atoms with van der Waals surface area (Å²) in [6.45, 7) is 0.869. The average molecular weight is 357 g/mol. The van der Waals surface area contributed by atoms with E-state index in [2.05, 4.69) is 10.3 Å². The van der Waals surface area contributed by atoms with E-state index in [1.165, 1.54) is 15.6 Å². The molecule has 1 amide bonds. The lowest BCUT2D eigenvalue weighted by atomic mass is 10.2. The molecule has 9 heteroatoms. The van der Waals surface area contributed by atoms with Gasteiger partial charge in [0.25, 0.3) is 5.91 Å². The molecule has 0 radical (unpaired) electrons. The van der Waals surface area contributed by atoms with Crippen molar-refractivity contribution in [3.05, 3.63) is 32.3 Å². The number of hydrogen-bond donors (Lipinski definition) is 1. The van der Waals surface area contributed by atoms with E-state index in [0.717, 1.165) is 29.5 Å². The van der Waals surface area contributed by atoms with Crippen LogP contribution >= 0.6 is 22.7 Å². The molecule has 1 aliphatic rings. The molecule has 118 valence electrons. The van der Waals surface area contributed by atoms with Gasteiger partial charge in [-0.1, -0.05) is 0 Å². The Balaban J connectivity index is 1.78. The molecule has 1 N–H and O–H groups in total. The number of aryl methyl sites for hydroxylation is 1. The summed E-state index contributed by atoms with van der Waals surface area (Å²) in [5.41, 5.74) is 1.04. The molecular weight excluding hydrogens is 342 g/mol. The Bertz CT molecular complexity index is 781. The maximum absolute atomic E-state index is 12.2. The number of hydrogen-bond acceptors (Lipinski definition) is 6. The Labute approximate surface area is 136 Å². The molecule has 3 rings (SSSR count). The lowest BCUT2D eigenvalue weighted by Crippen LogP contribution is -2.34. The van der Waals surface area contributed by atoms with Gasteiger partial charge >= 0.3 is 0 Å². The topological polar surface area (TPSA) is 79.4 Å². The largest absolute Gasteiger partial charge is 0.346 e. The van der Waals surface area contributed by atoms with Gasteiger partial charge < -0.3 is 5.32 Å². The van der Waals surface area contributed by atoms with Gasteiger partial charge in [-0.25, -0.2) is 13.4 Å². The van der Waals surface area contributed by atoms with Gasteiger partial charge in [0, 0.05) is 13.1 Å². The van der Waals surface area contributed by atoms with Crippen LogP contribution in [0, 0.1) is 0 Å². The molecule has 0 aromatic carbocycles. The molecule has 0 saturated carbocycles. The lowest BCUT2D eigenvalue weighted by molar-refractivity contribution is 0.0950. The van der Waals surface area contributed by atoms with Crippen LogP contribution in [0.25, 0.3) is 0 Å².